The van der Waals surface area contributed by atoms with E-state index < -0.39 is 29.1 Å². The van der Waals surface area contributed by atoms with Gasteiger partial charge in [-0.15, -0.1) is 0 Å². The molecular formula is C25H32O6. The summed E-state index contributed by atoms with van der Waals surface area (Å²) in [6.45, 7) is 5.87. The summed E-state index contributed by atoms with van der Waals surface area (Å²) in [5, 5.41) is 9.21. The van der Waals surface area contributed by atoms with Crippen LogP contribution in [-0.2, 0) is 14.3 Å². The first-order valence-electron chi connectivity index (χ1n) is 11.2. The zero-order valence-electron chi connectivity index (χ0n) is 18.6. The molecule has 31 heavy (non-hydrogen) atoms. The van der Waals surface area contributed by atoms with Gasteiger partial charge in [-0.1, -0.05) is 55.7 Å². The molecule has 3 atom stereocenters. The lowest BCUT2D eigenvalue weighted by molar-refractivity contribution is -0.154. The first-order chi connectivity index (χ1) is 14.8. The maximum Gasteiger partial charge on any atom is 0.350 e. The SMILES string of the molecule is CCCCCC(CCCO)OC(=O)C12OC1(CC=C(C)C)C(=O)c1ccccc1C2=O. The largest absolute Gasteiger partial charge is 0.460 e. The summed E-state index contributed by atoms with van der Waals surface area (Å²) in [5.41, 5.74) is -2.01. The van der Waals surface area contributed by atoms with Crippen molar-refractivity contribution in [2.24, 2.45) is 0 Å². The van der Waals surface area contributed by atoms with Crippen LogP contribution in [0.15, 0.2) is 35.9 Å². The van der Waals surface area contributed by atoms with Gasteiger partial charge in [0.05, 0.1) is 0 Å². The molecule has 0 amide bonds. The average molecular weight is 429 g/mol. The van der Waals surface area contributed by atoms with Crippen LogP contribution in [0.3, 0.4) is 0 Å². The molecule has 0 radical (unpaired) electrons. The monoisotopic (exact) mass is 428 g/mol. The second-order valence-corrected chi connectivity index (χ2v) is 8.69. The topological polar surface area (TPSA) is 93.2 Å². The number of aliphatic hydroxyl groups is 1. The molecule has 1 saturated heterocycles. The predicted octanol–water partition coefficient (Wildman–Crippen LogP) is 4.19. The molecule has 6 nitrogen and oxygen atoms in total. The fourth-order valence-corrected chi connectivity index (χ4v) is 4.32. The number of ether oxygens (including phenoxy) is 2. The molecule has 1 aliphatic heterocycles. The van der Waals surface area contributed by atoms with Gasteiger partial charge < -0.3 is 14.6 Å². The van der Waals surface area contributed by atoms with Crippen LogP contribution in [0.4, 0.5) is 0 Å². The third kappa shape index (κ3) is 4.11. The third-order valence-electron chi connectivity index (χ3n) is 6.13. The van der Waals surface area contributed by atoms with Gasteiger partial charge in [0, 0.05) is 24.2 Å². The maximum absolute atomic E-state index is 13.4. The second kappa shape index (κ2) is 9.45. The van der Waals surface area contributed by atoms with E-state index in [4.69, 9.17) is 9.47 Å². The number of epoxide rings is 1. The highest BCUT2D eigenvalue weighted by Crippen LogP contribution is 2.58. The van der Waals surface area contributed by atoms with Crippen LogP contribution in [0.1, 0.15) is 86.4 Å². The Labute approximate surface area is 183 Å². The number of esters is 1. The van der Waals surface area contributed by atoms with E-state index in [9.17, 15) is 19.5 Å². The number of benzene rings is 1. The summed E-state index contributed by atoms with van der Waals surface area (Å²) in [6, 6.07) is 6.53. The van der Waals surface area contributed by atoms with Crippen molar-refractivity contribution in [2.45, 2.75) is 83.0 Å². The number of ketones is 2. The van der Waals surface area contributed by atoms with Crippen molar-refractivity contribution < 1.29 is 29.0 Å². The normalized spacial score (nSPS) is 24.8. The molecule has 1 aromatic carbocycles. The van der Waals surface area contributed by atoms with Gasteiger partial charge in [0.15, 0.2) is 11.4 Å². The quantitative estimate of drug-likeness (QED) is 0.187. The van der Waals surface area contributed by atoms with Crippen molar-refractivity contribution in [2.75, 3.05) is 6.61 Å². The van der Waals surface area contributed by atoms with E-state index in [-0.39, 0.29) is 29.9 Å². The number of fused-ring (bicyclic) bond motifs is 2. The zero-order valence-corrected chi connectivity index (χ0v) is 18.6. The molecular weight excluding hydrogens is 396 g/mol. The van der Waals surface area contributed by atoms with Gasteiger partial charge in [0.25, 0.3) is 5.60 Å². The van der Waals surface area contributed by atoms with E-state index in [1.807, 2.05) is 19.9 Å². The highest BCUT2D eigenvalue weighted by atomic mass is 16.7. The number of hydrogen-bond acceptors (Lipinski definition) is 6. The smallest absolute Gasteiger partial charge is 0.350 e. The highest BCUT2D eigenvalue weighted by Gasteiger charge is 2.85. The number of rotatable bonds is 11. The van der Waals surface area contributed by atoms with Gasteiger partial charge >= 0.3 is 5.97 Å². The fraction of sp³-hybridized carbons (Fsp3) is 0.560. The van der Waals surface area contributed by atoms with Crippen LogP contribution in [0.5, 0.6) is 0 Å². The molecule has 1 heterocycles. The molecule has 1 aromatic rings. The third-order valence-corrected chi connectivity index (χ3v) is 6.13. The highest BCUT2D eigenvalue weighted by molar-refractivity contribution is 6.32. The number of Topliss-reactive ketones (excluding diaryl/α,β-unsaturated/α-hetero) is 2. The van der Waals surface area contributed by atoms with Gasteiger partial charge in [-0.25, -0.2) is 4.79 Å². The number of carbonyl (C=O) groups excluding carboxylic acids is 3. The Morgan fingerprint density at radius 3 is 2.35 bits per heavy atom. The van der Waals surface area contributed by atoms with Gasteiger partial charge in [0.2, 0.25) is 5.78 Å². The molecule has 0 saturated carbocycles. The van der Waals surface area contributed by atoms with E-state index >= 15 is 0 Å². The van der Waals surface area contributed by atoms with Gasteiger partial charge in [-0.05, 0) is 39.5 Å². The Hall–Kier alpha value is -2.31. The number of hydrogen-bond donors (Lipinski definition) is 1. The van der Waals surface area contributed by atoms with Crippen LogP contribution in [0.25, 0.3) is 0 Å². The van der Waals surface area contributed by atoms with E-state index in [0.717, 1.165) is 24.8 Å². The Morgan fingerprint density at radius 1 is 1.10 bits per heavy atom. The predicted molar refractivity (Wildman–Crippen MR) is 116 cm³/mol. The van der Waals surface area contributed by atoms with Crippen LogP contribution >= 0.6 is 0 Å². The summed E-state index contributed by atoms with van der Waals surface area (Å²) < 4.78 is 11.6. The van der Waals surface area contributed by atoms with Crippen LogP contribution < -0.4 is 0 Å². The van der Waals surface area contributed by atoms with Crippen molar-refractivity contribution >= 4 is 17.5 Å². The first kappa shape index (κ1) is 23.4. The lowest BCUT2D eigenvalue weighted by atomic mass is 9.72. The van der Waals surface area contributed by atoms with Crippen LogP contribution in [0, 0.1) is 0 Å². The lowest BCUT2D eigenvalue weighted by Crippen LogP contribution is -2.51. The lowest BCUT2D eigenvalue weighted by Gasteiger charge is -2.25. The first-order valence-corrected chi connectivity index (χ1v) is 11.2. The van der Waals surface area contributed by atoms with Gasteiger partial charge in [0.1, 0.15) is 6.10 Å². The van der Waals surface area contributed by atoms with E-state index in [2.05, 4.69) is 6.92 Å². The van der Waals surface area contributed by atoms with Crippen molar-refractivity contribution in [1.82, 2.24) is 0 Å². The van der Waals surface area contributed by atoms with E-state index in [1.165, 1.54) is 0 Å². The number of carbonyl (C=O) groups is 3. The summed E-state index contributed by atoms with van der Waals surface area (Å²) in [6.07, 6.45) is 6.10. The molecule has 3 unspecified atom stereocenters. The summed E-state index contributed by atoms with van der Waals surface area (Å²) >= 11 is 0. The fourth-order valence-electron chi connectivity index (χ4n) is 4.32. The van der Waals surface area contributed by atoms with Crippen molar-refractivity contribution in [3.8, 4) is 0 Å². The minimum atomic E-state index is -1.92. The molecule has 0 spiro atoms. The Morgan fingerprint density at radius 2 is 1.74 bits per heavy atom. The minimum Gasteiger partial charge on any atom is -0.460 e. The maximum atomic E-state index is 13.4. The standard InChI is InChI=1S/C25H32O6/c1-4-5-6-10-18(11-9-16-26)30-23(29)25-22(28)20-13-8-7-12-19(20)21(27)24(25,31-25)15-14-17(2)3/h7-8,12-14,18,26H,4-6,9-11,15-16H2,1-3H3. The molecule has 1 N–H and O–H groups in total. The molecule has 0 aromatic heterocycles. The van der Waals surface area contributed by atoms with Crippen LogP contribution in [-0.4, -0.2) is 46.6 Å². The number of unbranched alkanes of at least 4 members (excludes halogenated alkanes) is 2. The molecule has 168 valence electrons. The van der Waals surface area contributed by atoms with Crippen LogP contribution in [0.2, 0.25) is 0 Å². The Kier molecular flexibility index (Phi) is 7.12. The van der Waals surface area contributed by atoms with Gasteiger partial charge in [-0.2, -0.15) is 0 Å². The summed E-state index contributed by atoms with van der Waals surface area (Å²) in [4.78, 5) is 40.2. The molecule has 3 rings (SSSR count). The Bertz CT molecular complexity index is 884. The average Bonchev–Trinajstić information content (AvgIpc) is 3.47. The number of allylic oxidation sites excluding steroid dienone is 1. The van der Waals surface area contributed by atoms with Gasteiger partial charge in [-0.3, -0.25) is 9.59 Å². The summed E-state index contributed by atoms with van der Waals surface area (Å²) in [7, 11) is 0. The molecule has 1 fully saturated rings. The number of aliphatic hydroxyl groups excluding tert-OH is 1. The summed E-state index contributed by atoms with van der Waals surface area (Å²) in [5.74, 6) is -1.65. The minimum absolute atomic E-state index is 0.00122. The molecule has 1 aliphatic carbocycles. The van der Waals surface area contributed by atoms with Crippen molar-refractivity contribution in [3.63, 3.8) is 0 Å². The van der Waals surface area contributed by atoms with E-state index in [1.54, 1.807) is 24.3 Å². The molecule has 2 aliphatic rings. The molecule has 0 bridgehead atoms. The zero-order chi connectivity index (χ0) is 22.6. The van der Waals surface area contributed by atoms with Crippen molar-refractivity contribution in [1.29, 1.82) is 0 Å². The van der Waals surface area contributed by atoms with Crippen molar-refractivity contribution in [3.05, 3.63) is 47.0 Å². The Balaban J connectivity index is 1.92. The second-order valence-electron chi connectivity index (χ2n) is 8.69. The molecule has 6 heteroatoms. The van der Waals surface area contributed by atoms with E-state index in [0.29, 0.717) is 19.3 Å².